The van der Waals surface area contributed by atoms with Gasteiger partial charge in [0.25, 0.3) is 0 Å². The first-order chi connectivity index (χ1) is 15.0. The molecule has 32 heavy (non-hydrogen) atoms. The fourth-order valence-corrected chi connectivity index (χ4v) is 3.05. The second-order valence-corrected chi connectivity index (χ2v) is 6.75. The summed E-state index contributed by atoms with van der Waals surface area (Å²) in [4.78, 5) is 16.0. The number of pyridine rings is 2. The lowest BCUT2D eigenvalue weighted by Crippen LogP contribution is -1.98. The number of H-pyrrole nitrogens is 1. The molecule has 8 heteroatoms. The van der Waals surface area contributed by atoms with Gasteiger partial charge in [0, 0.05) is 17.3 Å². The Balaban J connectivity index is 0.00000289. The van der Waals surface area contributed by atoms with Crippen molar-refractivity contribution in [1.82, 2.24) is 19.9 Å². The summed E-state index contributed by atoms with van der Waals surface area (Å²) in [6.45, 7) is -0.0449. The van der Waals surface area contributed by atoms with Gasteiger partial charge >= 0.3 is 0 Å². The monoisotopic (exact) mass is 430 g/mol. The summed E-state index contributed by atoms with van der Waals surface area (Å²) >= 11 is 0. The van der Waals surface area contributed by atoms with Gasteiger partial charge in [-0.3, -0.25) is 10.4 Å². The molecule has 4 rings (SSSR count). The number of aliphatic hydroxyl groups excluding tert-OH is 1. The first-order valence-electron chi connectivity index (χ1n) is 9.45. The molecule has 0 radical (unpaired) electrons. The summed E-state index contributed by atoms with van der Waals surface area (Å²) in [5.41, 5.74) is 10.2. The number of nitrogen functional groups attached to an aromatic ring is 1. The normalized spacial score (nSPS) is 10.8. The molecule has 4 aromatic rings. The van der Waals surface area contributed by atoms with Crippen molar-refractivity contribution in [2.24, 2.45) is 0 Å². The maximum absolute atomic E-state index is 13.1. The van der Waals surface area contributed by atoms with E-state index in [1.54, 1.807) is 18.3 Å². The number of aromatic nitrogens is 4. The minimum atomic E-state index is -0.456. The molecule has 0 spiro atoms. The number of aromatic amines is 1. The summed E-state index contributed by atoms with van der Waals surface area (Å²) in [5.74, 6) is 0.409. The third-order valence-electron chi connectivity index (χ3n) is 4.65. The Hall–Kier alpha value is -4.17. The summed E-state index contributed by atoms with van der Waals surface area (Å²) in [7, 11) is 0. The third kappa shape index (κ3) is 4.76. The molecule has 5 N–H and O–H groups in total. The van der Waals surface area contributed by atoms with Crippen molar-refractivity contribution in [1.29, 1.82) is 5.41 Å². The molecule has 0 fully saturated rings. The number of allylic oxidation sites excluding steroid dienone is 1. The Morgan fingerprint density at radius 3 is 2.56 bits per heavy atom. The van der Waals surface area contributed by atoms with Crippen molar-refractivity contribution in [3.05, 3.63) is 89.9 Å². The molecule has 1 aromatic carbocycles. The van der Waals surface area contributed by atoms with E-state index < -0.39 is 5.82 Å². The van der Waals surface area contributed by atoms with Crippen LogP contribution in [-0.4, -0.2) is 30.8 Å². The zero-order valence-electron chi connectivity index (χ0n) is 16.4. The molecule has 7 nitrogen and oxygen atoms in total. The predicted molar refractivity (Wildman–Crippen MR) is 124 cm³/mol. The van der Waals surface area contributed by atoms with Gasteiger partial charge in [-0.2, -0.15) is 0 Å². The molecule has 3 heterocycles. The average Bonchev–Trinajstić information content (AvgIpc) is 3.22. The molecule has 0 atom stereocenters. The molecule has 0 saturated carbocycles. The highest BCUT2D eigenvalue weighted by atomic mass is 19.1. The van der Waals surface area contributed by atoms with Crippen LogP contribution in [0.4, 0.5) is 10.2 Å². The van der Waals surface area contributed by atoms with Gasteiger partial charge in [0.1, 0.15) is 17.5 Å². The molecule has 0 aliphatic carbocycles. The highest BCUT2D eigenvalue weighted by molar-refractivity contribution is 6.07. The van der Waals surface area contributed by atoms with Gasteiger partial charge in [0.05, 0.1) is 35.6 Å². The fourth-order valence-electron chi connectivity index (χ4n) is 3.05. The van der Waals surface area contributed by atoms with E-state index in [2.05, 4.69) is 19.9 Å². The highest BCUT2D eigenvalue weighted by Crippen LogP contribution is 2.33. The van der Waals surface area contributed by atoms with Crippen LogP contribution in [0.15, 0.2) is 67.0 Å². The van der Waals surface area contributed by atoms with Crippen LogP contribution in [-0.2, 0) is 6.61 Å². The fraction of sp³-hybridized carbons (Fsp3) is 0.0833. The van der Waals surface area contributed by atoms with Gasteiger partial charge in [-0.05, 0) is 42.0 Å². The third-order valence-corrected chi connectivity index (χ3v) is 4.65. The van der Waals surface area contributed by atoms with Crippen LogP contribution in [0.5, 0.6) is 0 Å². The standard InChI is InChI=1S/C23H19FN6O.CH4/c24-16-7-9-19(28-12-16)18(25)8-10-20-29-21(15-5-3-14(13-31)4-6-15)22(30-20)17-2-1-11-27-23(17)26;/h1-12,25,31H,13H2,(H2,26,27)(H,29,30);1H4/b10-8-,25-18?;. The Morgan fingerprint density at radius 1 is 1.12 bits per heavy atom. The van der Waals surface area contributed by atoms with E-state index in [0.717, 1.165) is 17.3 Å². The van der Waals surface area contributed by atoms with Crippen molar-refractivity contribution in [3.63, 3.8) is 0 Å². The average molecular weight is 430 g/mol. The highest BCUT2D eigenvalue weighted by Gasteiger charge is 2.16. The zero-order chi connectivity index (χ0) is 21.8. The summed E-state index contributed by atoms with van der Waals surface area (Å²) < 4.78 is 13.1. The lowest BCUT2D eigenvalue weighted by atomic mass is 10.0. The van der Waals surface area contributed by atoms with Crippen molar-refractivity contribution in [3.8, 4) is 22.5 Å². The van der Waals surface area contributed by atoms with Crippen LogP contribution < -0.4 is 5.73 Å². The molecule has 0 aliphatic heterocycles. The Labute approximate surface area is 185 Å². The van der Waals surface area contributed by atoms with E-state index >= 15 is 0 Å². The number of rotatable bonds is 6. The van der Waals surface area contributed by atoms with Crippen molar-refractivity contribution >= 4 is 17.6 Å². The molecule has 162 valence electrons. The van der Waals surface area contributed by atoms with Crippen LogP contribution in [0.3, 0.4) is 0 Å². The van der Waals surface area contributed by atoms with Crippen molar-refractivity contribution < 1.29 is 9.50 Å². The van der Waals surface area contributed by atoms with Gasteiger partial charge in [-0.25, -0.2) is 14.4 Å². The molecule has 0 unspecified atom stereocenters. The minimum absolute atomic E-state index is 0. The van der Waals surface area contributed by atoms with E-state index in [9.17, 15) is 9.50 Å². The molecule has 0 amide bonds. The van der Waals surface area contributed by atoms with Crippen molar-refractivity contribution in [2.45, 2.75) is 14.0 Å². The second-order valence-electron chi connectivity index (χ2n) is 6.75. The van der Waals surface area contributed by atoms with Gasteiger partial charge in [-0.15, -0.1) is 0 Å². The molecular weight excluding hydrogens is 407 g/mol. The Morgan fingerprint density at radius 2 is 1.91 bits per heavy atom. The lowest BCUT2D eigenvalue weighted by Gasteiger charge is -2.06. The van der Waals surface area contributed by atoms with E-state index in [4.69, 9.17) is 11.1 Å². The van der Waals surface area contributed by atoms with Crippen molar-refractivity contribution in [2.75, 3.05) is 5.73 Å². The zero-order valence-corrected chi connectivity index (χ0v) is 16.4. The van der Waals surface area contributed by atoms with E-state index in [-0.39, 0.29) is 19.7 Å². The summed E-state index contributed by atoms with van der Waals surface area (Å²) in [5, 5.41) is 17.5. The van der Waals surface area contributed by atoms with E-state index in [1.807, 2.05) is 30.3 Å². The van der Waals surface area contributed by atoms with Crippen LogP contribution in [0.2, 0.25) is 0 Å². The van der Waals surface area contributed by atoms with Gasteiger partial charge in [0.15, 0.2) is 0 Å². The smallest absolute Gasteiger partial charge is 0.141 e. The predicted octanol–water partition coefficient (Wildman–Crippen LogP) is 4.46. The number of hydrogen-bond donors (Lipinski definition) is 4. The first kappa shape index (κ1) is 22.5. The van der Waals surface area contributed by atoms with Gasteiger partial charge in [-0.1, -0.05) is 31.7 Å². The number of benzene rings is 1. The molecule has 0 saturated heterocycles. The van der Waals surface area contributed by atoms with Crippen LogP contribution in [0, 0.1) is 11.2 Å². The maximum atomic E-state index is 13.1. The number of nitrogens with zero attached hydrogens (tertiary/aromatic N) is 3. The number of anilines is 1. The Bertz CT molecular complexity index is 1250. The number of imidazole rings is 1. The molecule has 0 bridgehead atoms. The van der Waals surface area contributed by atoms with E-state index in [0.29, 0.717) is 34.3 Å². The molecule has 3 aromatic heterocycles. The van der Waals surface area contributed by atoms with Crippen LogP contribution in [0.1, 0.15) is 24.5 Å². The SMILES string of the molecule is C.N=C(/C=C\c1nc(-c2ccc(CO)cc2)c(-c2cccnc2N)[nH]1)c1ccc(F)cn1. The second kappa shape index (κ2) is 9.76. The number of aliphatic hydroxyl groups is 1. The number of nitrogens with two attached hydrogens (primary N) is 1. The van der Waals surface area contributed by atoms with Gasteiger partial charge < -0.3 is 15.8 Å². The Kier molecular flexibility index (Phi) is 6.87. The van der Waals surface area contributed by atoms with Gasteiger partial charge in [0.2, 0.25) is 0 Å². The number of hydrogen-bond acceptors (Lipinski definition) is 6. The number of nitrogens with one attached hydrogen (secondary N) is 2. The topological polar surface area (TPSA) is 125 Å². The quantitative estimate of drug-likeness (QED) is 0.336. The minimum Gasteiger partial charge on any atom is -0.392 e. The van der Waals surface area contributed by atoms with Crippen LogP contribution >= 0.6 is 0 Å². The summed E-state index contributed by atoms with van der Waals surface area (Å²) in [6.07, 6.45) is 5.87. The molecule has 0 aliphatic rings. The first-order valence-corrected chi connectivity index (χ1v) is 9.45. The molecular formula is C24H23FN6O. The van der Waals surface area contributed by atoms with Crippen LogP contribution in [0.25, 0.3) is 28.6 Å². The summed E-state index contributed by atoms with van der Waals surface area (Å²) in [6, 6.07) is 13.7. The lowest BCUT2D eigenvalue weighted by molar-refractivity contribution is 0.282. The largest absolute Gasteiger partial charge is 0.392 e. The number of halogens is 1. The maximum Gasteiger partial charge on any atom is 0.141 e. The van der Waals surface area contributed by atoms with E-state index in [1.165, 1.54) is 18.2 Å².